The number of methoxy groups -OCH3 is 1. The molecule has 3 aromatic heterocycles. The molecule has 5 nitrogen and oxygen atoms in total. The Balaban J connectivity index is 2.09. The largest absolute Gasteiger partial charge is 0.467 e. The lowest BCUT2D eigenvalue weighted by Crippen LogP contribution is -2.29. The van der Waals surface area contributed by atoms with E-state index in [2.05, 4.69) is 35.2 Å². The van der Waals surface area contributed by atoms with E-state index in [4.69, 9.17) is 26.1 Å². The number of fused-ring (bicyclic) bond motifs is 1. The molecule has 0 aliphatic rings. The van der Waals surface area contributed by atoms with Crippen molar-refractivity contribution in [3.63, 3.8) is 0 Å². The summed E-state index contributed by atoms with van der Waals surface area (Å²) >= 11 is 7.92. The van der Waals surface area contributed by atoms with E-state index in [9.17, 15) is 4.79 Å². The molecule has 0 fully saturated rings. The molecule has 0 spiro atoms. The number of carbonyl (C=O) groups excluding carboxylic acids is 1. The molecule has 1 atom stereocenters. The number of thiophene rings is 1. The Labute approximate surface area is 215 Å². The molecule has 3 heterocycles. The molecule has 4 rings (SSSR count). The van der Waals surface area contributed by atoms with Crippen molar-refractivity contribution < 1.29 is 14.3 Å². The zero-order valence-electron chi connectivity index (χ0n) is 21.2. The van der Waals surface area contributed by atoms with Crippen LogP contribution in [0.4, 0.5) is 0 Å². The minimum absolute atomic E-state index is 0.452. The molecule has 0 radical (unpaired) electrons. The zero-order chi connectivity index (χ0) is 25.5. The number of carbonyl (C=O) groups is 1. The van der Waals surface area contributed by atoms with Crippen LogP contribution < -0.4 is 0 Å². The molecule has 4 aromatic rings. The van der Waals surface area contributed by atoms with Crippen molar-refractivity contribution in [3.05, 3.63) is 74.2 Å². The molecule has 1 unspecified atom stereocenters. The number of benzene rings is 1. The van der Waals surface area contributed by atoms with Gasteiger partial charge in [0.1, 0.15) is 5.65 Å². The second-order valence-corrected chi connectivity index (χ2v) is 11.0. The van der Waals surface area contributed by atoms with Crippen molar-refractivity contribution in [1.82, 2.24) is 9.55 Å². The van der Waals surface area contributed by atoms with Crippen LogP contribution in [-0.2, 0) is 20.8 Å². The summed E-state index contributed by atoms with van der Waals surface area (Å²) in [6, 6.07) is 9.83. The third-order valence-corrected chi connectivity index (χ3v) is 7.17. The molecule has 0 N–H and O–H groups in total. The lowest BCUT2D eigenvalue weighted by molar-refractivity contribution is -0.164. The van der Waals surface area contributed by atoms with Crippen LogP contribution in [0, 0.1) is 20.8 Å². The first-order chi connectivity index (χ1) is 16.5. The van der Waals surface area contributed by atoms with E-state index >= 15 is 0 Å². The van der Waals surface area contributed by atoms with E-state index in [1.165, 1.54) is 12.7 Å². The quantitative estimate of drug-likeness (QED) is 0.253. The third kappa shape index (κ3) is 5.01. The highest BCUT2D eigenvalue weighted by Crippen LogP contribution is 2.42. The number of nitrogens with zero attached hydrogens (tertiary/aromatic N) is 2. The number of esters is 1. The first-order valence-corrected chi connectivity index (χ1v) is 12.9. The SMILES string of the molecule is COC(=O)C(OC(C)(C)C)c1c(C)nc2c(c(C)c(C)n2Cc2ccsc2)c1-c1ccc(Cl)cc1. The first kappa shape index (κ1) is 25.4. The summed E-state index contributed by atoms with van der Waals surface area (Å²) in [5, 5.41) is 5.90. The summed E-state index contributed by atoms with van der Waals surface area (Å²) in [7, 11) is 1.39. The van der Waals surface area contributed by atoms with Crippen molar-refractivity contribution in [1.29, 1.82) is 0 Å². The van der Waals surface area contributed by atoms with E-state index in [1.807, 2.05) is 52.0 Å². The van der Waals surface area contributed by atoms with Gasteiger partial charge in [-0.1, -0.05) is 23.7 Å². The van der Waals surface area contributed by atoms with Gasteiger partial charge in [-0.3, -0.25) is 0 Å². The van der Waals surface area contributed by atoms with Gasteiger partial charge in [0.2, 0.25) is 0 Å². The average Bonchev–Trinajstić information content (AvgIpc) is 3.39. The van der Waals surface area contributed by atoms with Gasteiger partial charge in [0, 0.05) is 32.9 Å². The number of halogens is 1. The van der Waals surface area contributed by atoms with Gasteiger partial charge in [-0.05, 0) is 87.2 Å². The molecular weight excluding hydrogens is 480 g/mol. The number of aryl methyl sites for hydroxylation is 2. The van der Waals surface area contributed by atoms with Crippen LogP contribution in [0.2, 0.25) is 5.02 Å². The van der Waals surface area contributed by atoms with Gasteiger partial charge in [0.05, 0.1) is 19.3 Å². The number of aromatic nitrogens is 2. The van der Waals surface area contributed by atoms with Crippen LogP contribution in [-0.4, -0.2) is 28.2 Å². The maximum absolute atomic E-state index is 13.1. The first-order valence-electron chi connectivity index (χ1n) is 11.5. The van der Waals surface area contributed by atoms with Crippen molar-refractivity contribution in [2.75, 3.05) is 7.11 Å². The predicted octanol–water partition coefficient (Wildman–Crippen LogP) is 7.42. The Hall–Kier alpha value is -2.67. The second-order valence-electron chi connectivity index (χ2n) is 9.75. The molecule has 0 amide bonds. The van der Waals surface area contributed by atoms with Crippen LogP contribution in [0.25, 0.3) is 22.2 Å². The van der Waals surface area contributed by atoms with Gasteiger partial charge in [0.15, 0.2) is 6.10 Å². The molecule has 1 aromatic carbocycles. The number of hydrogen-bond acceptors (Lipinski definition) is 5. The molecule has 0 saturated heterocycles. The Morgan fingerprint density at radius 1 is 1.14 bits per heavy atom. The van der Waals surface area contributed by atoms with Crippen molar-refractivity contribution in [2.45, 2.75) is 59.8 Å². The van der Waals surface area contributed by atoms with E-state index in [0.717, 1.165) is 51.2 Å². The monoisotopic (exact) mass is 510 g/mol. The topological polar surface area (TPSA) is 53.4 Å². The van der Waals surface area contributed by atoms with Gasteiger partial charge in [-0.2, -0.15) is 11.3 Å². The number of ether oxygens (including phenoxy) is 2. The highest BCUT2D eigenvalue weighted by molar-refractivity contribution is 7.07. The third-order valence-electron chi connectivity index (χ3n) is 6.19. The average molecular weight is 511 g/mol. The smallest absolute Gasteiger partial charge is 0.339 e. The number of pyridine rings is 1. The van der Waals surface area contributed by atoms with Crippen LogP contribution in [0.5, 0.6) is 0 Å². The van der Waals surface area contributed by atoms with E-state index in [-0.39, 0.29) is 0 Å². The van der Waals surface area contributed by atoms with E-state index in [0.29, 0.717) is 5.02 Å². The summed E-state index contributed by atoms with van der Waals surface area (Å²) in [6.45, 7) is 12.7. The van der Waals surface area contributed by atoms with Crippen molar-refractivity contribution in [3.8, 4) is 11.1 Å². The lowest BCUT2D eigenvalue weighted by Gasteiger charge is -2.28. The molecule has 7 heteroatoms. The fraction of sp³-hybridized carbons (Fsp3) is 0.357. The molecule has 0 aliphatic carbocycles. The molecule has 0 bridgehead atoms. The summed E-state index contributed by atoms with van der Waals surface area (Å²) in [5.41, 5.74) is 7.11. The highest BCUT2D eigenvalue weighted by atomic mass is 35.5. The van der Waals surface area contributed by atoms with Crippen LogP contribution in [0.3, 0.4) is 0 Å². The Morgan fingerprint density at radius 3 is 2.40 bits per heavy atom. The number of hydrogen-bond donors (Lipinski definition) is 0. The van der Waals surface area contributed by atoms with Gasteiger partial charge in [0.25, 0.3) is 0 Å². The fourth-order valence-corrected chi connectivity index (χ4v) is 5.26. The van der Waals surface area contributed by atoms with Crippen molar-refractivity contribution in [2.24, 2.45) is 0 Å². The summed E-state index contributed by atoms with van der Waals surface area (Å²) in [5.74, 6) is -0.452. The van der Waals surface area contributed by atoms with E-state index < -0.39 is 17.7 Å². The van der Waals surface area contributed by atoms with E-state index in [1.54, 1.807) is 11.3 Å². The second kappa shape index (κ2) is 9.76. The Kier molecular flexibility index (Phi) is 7.09. The summed E-state index contributed by atoms with van der Waals surface area (Å²) in [4.78, 5) is 18.1. The standard InChI is InChI=1S/C28H31ClN2O3S/c1-16-18(3)31(14-19-12-13-35-15-19)26-22(16)24(20-8-10-21(29)11-9-20)23(17(2)30-26)25(27(32)33-7)34-28(4,5)6/h8-13,15,25H,14H2,1-7H3. The molecular formula is C28H31ClN2O3S. The molecule has 0 saturated carbocycles. The minimum Gasteiger partial charge on any atom is -0.467 e. The van der Waals surface area contributed by atoms with Crippen molar-refractivity contribution >= 4 is 39.9 Å². The van der Waals surface area contributed by atoms with Crippen LogP contribution in [0.1, 0.15) is 55.0 Å². The van der Waals surface area contributed by atoms with Gasteiger partial charge in [-0.15, -0.1) is 0 Å². The van der Waals surface area contributed by atoms with Crippen LogP contribution in [0.15, 0.2) is 41.1 Å². The summed E-state index contributed by atoms with van der Waals surface area (Å²) < 4.78 is 13.8. The normalized spacial score (nSPS) is 12.8. The minimum atomic E-state index is -0.928. The number of rotatable bonds is 6. The Bertz CT molecular complexity index is 1370. The van der Waals surface area contributed by atoms with Gasteiger partial charge >= 0.3 is 5.97 Å². The Morgan fingerprint density at radius 2 is 1.83 bits per heavy atom. The fourth-order valence-electron chi connectivity index (χ4n) is 4.48. The van der Waals surface area contributed by atoms with Gasteiger partial charge < -0.3 is 14.0 Å². The predicted molar refractivity (Wildman–Crippen MR) is 143 cm³/mol. The van der Waals surface area contributed by atoms with Gasteiger partial charge in [-0.25, -0.2) is 9.78 Å². The maximum atomic E-state index is 13.1. The zero-order valence-corrected chi connectivity index (χ0v) is 22.8. The molecule has 0 aliphatic heterocycles. The highest BCUT2D eigenvalue weighted by Gasteiger charge is 2.34. The molecule has 35 heavy (non-hydrogen) atoms. The van der Waals surface area contributed by atoms with Crippen LogP contribution >= 0.6 is 22.9 Å². The summed E-state index contributed by atoms with van der Waals surface area (Å²) in [6.07, 6.45) is -0.928. The maximum Gasteiger partial charge on any atom is 0.339 e. The lowest BCUT2D eigenvalue weighted by atomic mass is 9.91. The molecule has 184 valence electrons.